The van der Waals surface area contributed by atoms with E-state index in [1.807, 2.05) is 12.1 Å². The number of benzene rings is 1. The molecule has 1 aliphatic rings. The molecule has 1 N–H and O–H groups in total. The van der Waals surface area contributed by atoms with Gasteiger partial charge in [0.25, 0.3) is 0 Å². The minimum atomic E-state index is -3.14. The lowest BCUT2D eigenvalue weighted by molar-refractivity contribution is 0.164. The molecule has 1 aromatic rings. The lowest BCUT2D eigenvalue weighted by atomic mass is 10.1. The quantitative estimate of drug-likeness (QED) is 0.339. The van der Waals surface area contributed by atoms with E-state index in [2.05, 4.69) is 35.9 Å². The van der Waals surface area contributed by atoms with Crippen molar-refractivity contribution in [2.24, 2.45) is 10.9 Å². The molecule has 1 fully saturated rings. The van der Waals surface area contributed by atoms with Crippen LogP contribution in [0.4, 0.5) is 0 Å². The summed E-state index contributed by atoms with van der Waals surface area (Å²) in [5.41, 5.74) is 1.10. The number of rotatable bonds is 7. The van der Waals surface area contributed by atoms with Crippen molar-refractivity contribution in [3.63, 3.8) is 0 Å². The Morgan fingerprint density at radius 3 is 2.25 bits per heavy atom. The summed E-state index contributed by atoms with van der Waals surface area (Å²) in [4.78, 5) is 10.0. The van der Waals surface area contributed by atoms with Crippen LogP contribution >= 0.6 is 24.0 Å². The van der Waals surface area contributed by atoms with Crippen molar-refractivity contribution < 1.29 is 8.42 Å². The molecule has 0 amide bonds. The number of sulfone groups is 1. The summed E-state index contributed by atoms with van der Waals surface area (Å²) in [5, 5.41) is 3.40. The summed E-state index contributed by atoms with van der Waals surface area (Å²) < 4.78 is 23.1. The molecule has 0 atom stereocenters. The van der Waals surface area contributed by atoms with E-state index in [1.165, 1.54) is 6.26 Å². The highest BCUT2D eigenvalue weighted by molar-refractivity contribution is 14.0. The van der Waals surface area contributed by atoms with E-state index in [1.54, 1.807) is 12.1 Å². The van der Waals surface area contributed by atoms with Gasteiger partial charge in [-0.1, -0.05) is 26.0 Å². The average Bonchev–Trinajstić information content (AvgIpc) is 2.61. The van der Waals surface area contributed by atoms with Gasteiger partial charge in [0.15, 0.2) is 15.8 Å². The minimum absolute atomic E-state index is 0. The summed E-state index contributed by atoms with van der Waals surface area (Å²) >= 11 is 0. The lowest BCUT2D eigenvalue weighted by Gasteiger charge is -2.37. The Kier molecular flexibility index (Phi) is 10.8. The Morgan fingerprint density at radius 2 is 1.75 bits per heavy atom. The third kappa shape index (κ3) is 8.24. The van der Waals surface area contributed by atoms with E-state index < -0.39 is 9.84 Å². The smallest absolute Gasteiger partial charge is 0.194 e. The molecule has 0 spiro atoms. The van der Waals surface area contributed by atoms with Crippen LogP contribution in [0.3, 0.4) is 0 Å². The molecule has 2 rings (SSSR count). The van der Waals surface area contributed by atoms with Crippen molar-refractivity contribution in [1.82, 2.24) is 15.1 Å². The standard InChI is InChI=1S/C20H34N4O2S.HI/c1-5-21-20(24-14-12-23(13-15-24)16-17(2)3)22-11-10-18-6-8-19(9-7-18)27(4,25)26;/h6-9,17H,5,10-16H2,1-4H3,(H,21,22);1H. The Labute approximate surface area is 187 Å². The van der Waals surface area contributed by atoms with Gasteiger partial charge in [-0.05, 0) is 37.0 Å². The van der Waals surface area contributed by atoms with E-state index in [-0.39, 0.29) is 24.0 Å². The summed E-state index contributed by atoms with van der Waals surface area (Å²) in [5.74, 6) is 1.68. The molecule has 1 aromatic carbocycles. The van der Waals surface area contributed by atoms with E-state index in [4.69, 9.17) is 4.99 Å². The topological polar surface area (TPSA) is 65.0 Å². The van der Waals surface area contributed by atoms with E-state index >= 15 is 0 Å². The fourth-order valence-corrected chi connectivity index (χ4v) is 3.91. The first kappa shape index (κ1) is 25.2. The Morgan fingerprint density at radius 1 is 1.14 bits per heavy atom. The number of hydrogen-bond acceptors (Lipinski definition) is 4. The maximum absolute atomic E-state index is 11.5. The Hall–Kier alpha value is -0.870. The highest BCUT2D eigenvalue weighted by Crippen LogP contribution is 2.11. The predicted molar refractivity (Wildman–Crippen MR) is 128 cm³/mol. The summed E-state index contributed by atoms with van der Waals surface area (Å²) in [7, 11) is -3.14. The summed E-state index contributed by atoms with van der Waals surface area (Å²) in [6, 6.07) is 7.11. The van der Waals surface area contributed by atoms with Crippen LogP contribution in [0, 0.1) is 5.92 Å². The molecule has 0 aliphatic carbocycles. The zero-order valence-electron chi connectivity index (χ0n) is 17.5. The van der Waals surface area contributed by atoms with Crippen LogP contribution in [-0.4, -0.2) is 76.2 Å². The maximum Gasteiger partial charge on any atom is 0.194 e. The monoisotopic (exact) mass is 522 g/mol. The number of nitrogens with one attached hydrogen (secondary N) is 1. The highest BCUT2D eigenvalue weighted by Gasteiger charge is 2.19. The van der Waals surface area contributed by atoms with Gasteiger partial charge < -0.3 is 10.2 Å². The molecule has 0 aromatic heterocycles. The average molecular weight is 522 g/mol. The fourth-order valence-electron chi connectivity index (χ4n) is 3.28. The molecular weight excluding hydrogens is 487 g/mol. The van der Waals surface area contributed by atoms with Crippen molar-refractivity contribution in [3.8, 4) is 0 Å². The second kappa shape index (κ2) is 12.0. The zero-order chi connectivity index (χ0) is 19.9. The molecule has 1 aliphatic heterocycles. The van der Waals surface area contributed by atoms with E-state index in [0.29, 0.717) is 17.4 Å². The molecule has 0 saturated carbocycles. The predicted octanol–water partition coefficient (Wildman–Crippen LogP) is 2.49. The number of nitrogens with zero attached hydrogens (tertiary/aromatic N) is 3. The second-order valence-corrected chi connectivity index (χ2v) is 9.60. The third-order valence-corrected chi connectivity index (χ3v) is 5.77. The highest BCUT2D eigenvalue weighted by atomic mass is 127. The third-order valence-electron chi connectivity index (χ3n) is 4.64. The molecule has 8 heteroatoms. The second-order valence-electron chi connectivity index (χ2n) is 7.58. The number of halogens is 1. The van der Waals surface area contributed by atoms with Crippen molar-refractivity contribution in [1.29, 1.82) is 0 Å². The van der Waals surface area contributed by atoms with Crippen LogP contribution in [0.5, 0.6) is 0 Å². The molecule has 160 valence electrons. The summed E-state index contributed by atoms with van der Waals surface area (Å²) in [6.07, 6.45) is 2.03. The van der Waals surface area contributed by atoms with Crippen molar-refractivity contribution in [3.05, 3.63) is 29.8 Å². The Bertz CT molecular complexity index is 712. The van der Waals surface area contributed by atoms with Crippen LogP contribution in [0.15, 0.2) is 34.2 Å². The van der Waals surface area contributed by atoms with Crippen LogP contribution in [0.2, 0.25) is 0 Å². The van der Waals surface area contributed by atoms with E-state index in [9.17, 15) is 8.42 Å². The Balaban J connectivity index is 0.00000392. The van der Waals surface area contributed by atoms with Crippen LogP contribution in [0.25, 0.3) is 0 Å². The number of guanidine groups is 1. The molecular formula is C20H35IN4O2S. The van der Waals surface area contributed by atoms with Gasteiger partial charge in [-0.2, -0.15) is 0 Å². The van der Waals surface area contributed by atoms with Gasteiger partial charge in [-0.15, -0.1) is 24.0 Å². The van der Waals surface area contributed by atoms with Crippen LogP contribution < -0.4 is 5.32 Å². The lowest BCUT2D eigenvalue weighted by Crippen LogP contribution is -2.53. The molecule has 0 unspecified atom stereocenters. The van der Waals surface area contributed by atoms with Crippen molar-refractivity contribution in [2.75, 3.05) is 52.1 Å². The largest absolute Gasteiger partial charge is 0.357 e. The molecule has 1 heterocycles. The van der Waals surface area contributed by atoms with Gasteiger partial charge in [0, 0.05) is 52.1 Å². The molecule has 0 bridgehead atoms. The SMILES string of the molecule is CCNC(=NCCc1ccc(S(C)(=O)=O)cc1)N1CCN(CC(C)C)CC1.I. The normalized spacial score (nSPS) is 16.2. The summed E-state index contributed by atoms with van der Waals surface area (Å²) in [6.45, 7) is 13.5. The zero-order valence-corrected chi connectivity index (χ0v) is 20.7. The first-order valence-electron chi connectivity index (χ1n) is 9.84. The van der Waals surface area contributed by atoms with Gasteiger partial charge in [-0.25, -0.2) is 8.42 Å². The first-order chi connectivity index (χ1) is 12.8. The van der Waals surface area contributed by atoms with Gasteiger partial charge >= 0.3 is 0 Å². The number of aliphatic imine (C=N–C) groups is 1. The van der Waals surface area contributed by atoms with Crippen LogP contribution in [0.1, 0.15) is 26.3 Å². The van der Waals surface area contributed by atoms with Gasteiger partial charge in [0.2, 0.25) is 0 Å². The fraction of sp³-hybridized carbons (Fsp3) is 0.650. The minimum Gasteiger partial charge on any atom is -0.357 e. The first-order valence-corrected chi connectivity index (χ1v) is 11.7. The molecule has 6 nitrogen and oxygen atoms in total. The van der Waals surface area contributed by atoms with Crippen molar-refractivity contribution in [2.45, 2.75) is 32.1 Å². The van der Waals surface area contributed by atoms with Crippen LogP contribution in [-0.2, 0) is 16.3 Å². The van der Waals surface area contributed by atoms with Crippen molar-refractivity contribution >= 4 is 39.8 Å². The maximum atomic E-state index is 11.5. The molecule has 28 heavy (non-hydrogen) atoms. The molecule has 0 radical (unpaired) electrons. The van der Waals surface area contributed by atoms with E-state index in [0.717, 1.165) is 57.2 Å². The molecule has 1 saturated heterocycles. The van der Waals surface area contributed by atoms with Gasteiger partial charge in [-0.3, -0.25) is 9.89 Å². The van der Waals surface area contributed by atoms with Gasteiger partial charge in [0.1, 0.15) is 0 Å². The van der Waals surface area contributed by atoms with Gasteiger partial charge in [0.05, 0.1) is 4.90 Å². The number of hydrogen-bond donors (Lipinski definition) is 1. The number of piperazine rings is 1.